The molecule has 3 aromatic carbocycles. The van der Waals surface area contributed by atoms with Gasteiger partial charge in [-0.05, 0) is 71.2 Å². The number of allylic oxidation sites excluding steroid dienone is 3. The second-order valence-corrected chi connectivity index (χ2v) is 7.43. The molecule has 3 heteroatoms. The molecule has 0 radical (unpaired) electrons. The Labute approximate surface area is 184 Å². The van der Waals surface area contributed by atoms with E-state index in [1.807, 2.05) is 42.5 Å². The molecular weight excluding hydrogens is 382 g/mol. The molecule has 31 heavy (non-hydrogen) atoms. The summed E-state index contributed by atoms with van der Waals surface area (Å²) in [6.07, 6.45) is 9.90. The van der Waals surface area contributed by atoms with Crippen LogP contribution in [-0.2, 0) is 0 Å². The highest BCUT2D eigenvalue weighted by atomic mass is 16.5. The highest BCUT2D eigenvalue weighted by Gasteiger charge is 2.10. The topological polar surface area (TPSA) is 30.5 Å². The highest BCUT2D eigenvalue weighted by molar-refractivity contribution is 5.82. The summed E-state index contributed by atoms with van der Waals surface area (Å²) >= 11 is 0. The average Bonchev–Trinajstić information content (AvgIpc) is 2.85. The third-order valence-corrected chi connectivity index (χ3v) is 5.37. The van der Waals surface area contributed by atoms with Crippen LogP contribution in [0.4, 0.5) is 5.69 Å². The number of anilines is 1. The molecule has 0 saturated heterocycles. The summed E-state index contributed by atoms with van der Waals surface area (Å²) in [6, 6.07) is 27.0. The molecule has 0 amide bonds. The zero-order valence-corrected chi connectivity index (χ0v) is 17.9. The largest absolute Gasteiger partial charge is 0.497 e. The quantitative estimate of drug-likeness (QED) is 0.483. The van der Waals surface area contributed by atoms with Crippen molar-refractivity contribution in [1.29, 1.82) is 0 Å². The van der Waals surface area contributed by atoms with Gasteiger partial charge in [0, 0.05) is 11.7 Å². The Balaban J connectivity index is 1.53. The van der Waals surface area contributed by atoms with Crippen LogP contribution in [0, 0.1) is 0 Å². The van der Waals surface area contributed by atoms with Crippen molar-refractivity contribution >= 4 is 11.3 Å². The number of ether oxygens (including phenoxy) is 2. The summed E-state index contributed by atoms with van der Waals surface area (Å²) in [5.41, 5.74) is 5.86. The maximum absolute atomic E-state index is 5.32. The minimum absolute atomic E-state index is 0.270. The summed E-state index contributed by atoms with van der Waals surface area (Å²) < 4.78 is 10.6. The van der Waals surface area contributed by atoms with Gasteiger partial charge in [0.05, 0.1) is 14.2 Å². The normalized spacial score (nSPS) is 15.9. The van der Waals surface area contributed by atoms with Gasteiger partial charge in [-0.1, -0.05) is 60.7 Å². The van der Waals surface area contributed by atoms with Crippen molar-refractivity contribution in [3.63, 3.8) is 0 Å². The molecule has 0 fully saturated rings. The second-order valence-electron chi connectivity index (χ2n) is 7.43. The molecule has 0 aliphatic heterocycles. The van der Waals surface area contributed by atoms with E-state index in [0.717, 1.165) is 23.6 Å². The van der Waals surface area contributed by atoms with Crippen LogP contribution in [0.1, 0.15) is 17.5 Å². The predicted octanol–water partition coefficient (Wildman–Crippen LogP) is 6.50. The Hall–Kier alpha value is -3.72. The van der Waals surface area contributed by atoms with Gasteiger partial charge < -0.3 is 14.8 Å². The van der Waals surface area contributed by atoms with Crippen molar-refractivity contribution in [1.82, 2.24) is 0 Å². The van der Waals surface area contributed by atoms with Crippen molar-refractivity contribution in [2.45, 2.75) is 12.5 Å². The summed E-state index contributed by atoms with van der Waals surface area (Å²) in [6.45, 7) is 0. The van der Waals surface area contributed by atoms with E-state index in [1.165, 1.54) is 22.3 Å². The van der Waals surface area contributed by atoms with Crippen LogP contribution in [0.15, 0.2) is 109 Å². The lowest BCUT2D eigenvalue weighted by Crippen LogP contribution is -2.17. The summed E-state index contributed by atoms with van der Waals surface area (Å²) in [5.74, 6) is 1.73. The van der Waals surface area contributed by atoms with E-state index in [9.17, 15) is 0 Å². The lowest BCUT2D eigenvalue weighted by molar-refractivity contribution is 0.414. The highest BCUT2D eigenvalue weighted by Crippen LogP contribution is 2.28. The number of methoxy groups -OCH3 is 2. The molecule has 3 nitrogen and oxygen atoms in total. The first-order valence-electron chi connectivity index (χ1n) is 10.5. The van der Waals surface area contributed by atoms with E-state index in [-0.39, 0.29) is 6.04 Å². The SMILES string of the molecule is COc1ccc(NC2C=CC(C=C(c3ccccc3)c3ccc(OC)cc3)=CC2)cc1. The summed E-state index contributed by atoms with van der Waals surface area (Å²) in [4.78, 5) is 0. The standard InChI is InChI=1S/C28H27NO2/c1-30-26-16-10-23(11-17-26)28(22-6-4-3-5-7-22)20-21-8-12-24(13-9-21)29-25-14-18-27(31-2)19-15-25/h3-12,14-20,24,29H,13H2,1-2H3. The maximum atomic E-state index is 5.32. The minimum atomic E-state index is 0.270. The van der Waals surface area contributed by atoms with Crippen molar-refractivity contribution in [2.75, 3.05) is 19.5 Å². The molecule has 0 bridgehead atoms. The lowest BCUT2D eigenvalue weighted by atomic mass is 9.93. The van der Waals surface area contributed by atoms with E-state index in [2.05, 4.69) is 66.0 Å². The van der Waals surface area contributed by atoms with E-state index in [1.54, 1.807) is 14.2 Å². The van der Waals surface area contributed by atoms with Crippen LogP contribution < -0.4 is 14.8 Å². The number of benzene rings is 3. The first-order valence-corrected chi connectivity index (χ1v) is 10.5. The number of hydrogen-bond acceptors (Lipinski definition) is 3. The first-order chi connectivity index (χ1) is 15.2. The Kier molecular flexibility index (Phi) is 6.53. The van der Waals surface area contributed by atoms with Crippen molar-refractivity contribution in [3.8, 4) is 11.5 Å². The molecule has 156 valence electrons. The molecule has 1 atom stereocenters. The fraction of sp³-hybridized carbons (Fsp3) is 0.143. The number of hydrogen-bond donors (Lipinski definition) is 1. The van der Waals surface area contributed by atoms with Gasteiger partial charge in [0.2, 0.25) is 0 Å². The molecule has 0 heterocycles. The molecule has 1 N–H and O–H groups in total. The van der Waals surface area contributed by atoms with Crippen molar-refractivity contribution < 1.29 is 9.47 Å². The van der Waals surface area contributed by atoms with Crippen LogP contribution in [0.3, 0.4) is 0 Å². The third kappa shape index (κ3) is 5.26. The molecule has 3 aromatic rings. The Morgan fingerprint density at radius 1 is 0.806 bits per heavy atom. The van der Waals surface area contributed by atoms with E-state index < -0.39 is 0 Å². The van der Waals surface area contributed by atoms with Gasteiger partial charge in [-0.15, -0.1) is 0 Å². The fourth-order valence-corrected chi connectivity index (χ4v) is 3.64. The molecule has 0 saturated carbocycles. The number of nitrogens with one attached hydrogen (secondary N) is 1. The predicted molar refractivity (Wildman–Crippen MR) is 129 cm³/mol. The average molecular weight is 410 g/mol. The zero-order chi connectivity index (χ0) is 21.5. The van der Waals surface area contributed by atoms with Gasteiger partial charge in [0.15, 0.2) is 0 Å². The number of rotatable bonds is 7. The fourth-order valence-electron chi connectivity index (χ4n) is 3.64. The summed E-state index contributed by atoms with van der Waals surface area (Å²) in [5, 5.41) is 3.56. The summed E-state index contributed by atoms with van der Waals surface area (Å²) in [7, 11) is 3.37. The Morgan fingerprint density at radius 3 is 2.00 bits per heavy atom. The van der Waals surface area contributed by atoms with Gasteiger partial charge >= 0.3 is 0 Å². The Bertz CT molecular complexity index is 1080. The van der Waals surface area contributed by atoms with E-state index in [0.29, 0.717) is 0 Å². The smallest absolute Gasteiger partial charge is 0.119 e. The second kappa shape index (κ2) is 9.86. The first kappa shape index (κ1) is 20.5. The zero-order valence-electron chi connectivity index (χ0n) is 17.9. The minimum Gasteiger partial charge on any atom is -0.497 e. The van der Waals surface area contributed by atoms with Crippen molar-refractivity contribution in [3.05, 3.63) is 120 Å². The molecule has 1 aliphatic rings. The molecule has 4 rings (SSSR count). The maximum Gasteiger partial charge on any atom is 0.119 e. The molecule has 1 unspecified atom stereocenters. The van der Waals surface area contributed by atoms with Crippen LogP contribution in [0.5, 0.6) is 11.5 Å². The van der Waals surface area contributed by atoms with Gasteiger partial charge in [-0.2, -0.15) is 0 Å². The Morgan fingerprint density at radius 2 is 1.42 bits per heavy atom. The van der Waals surface area contributed by atoms with Crippen LogP contribution >= 0.6 is 0 Å². The molecule has 0 spiro atoms. The van der Waals surface area contributed by atoms with Gasteiger partial charge in [0.25, 0.3) is 0 Å². The van der Waals surface area contributed by atoms with Gasteiger partial charge in [-0.25, -0.2) is 0 Å². The monoisotopic (exact) mass is 409 g/mol. The van der Waals surface area contributed by atoms with Crippen LogP contribution in [0.25, 0.3) is 5.57 Å². The van der Waals surface area contributed by atoms with Crippen LogP contribution in [-0.4, -0.2) is 20.3 Å². The third-order valence-electron chi connectivity index (χ3n) is 5.37. The molecular formula is C28H27NO2. The van der Waals surface area contributed by atoms with Crippen molar-refractivity contribution in [2.24, 2.45) is 0 Å². The molecule has 0 aromatic heterocycles. The van der Waals surface area contributed by atoms with Crippen LogP contribution in [0.2, 0.25) is 0 Å². The lowest BCUT2D eigenvalue weighted by Gasteiger charge is -2.19. The molecule has 1 aliphatic carbocycles. The van der Waals surface area contributed by atoms with Gasteiger partial charge in [0.1, 0.15) is 11.5 Å². The van der Waals surface area contributed by atoms with E-state index >= 15 is 0 Å². The van der Waals surface area contributed by atoms with E-state index in [4.69, 9.17) is 9.47 Å². The van der Waals surface area contributed by atoms with Gasteiger partial charge in [-0.3, -0.25) is 0 Å².